The molecule has 0 fully saturated rings. The first-order valence-corrected chi connectivity index (χ1v) is 5.52. The molecule has 0 spiro atoms. The van der Waals surface area contributed by atoms with Gasteiger partial charge in [0.05, 0.1) is 7.11 Å². The molecule has 1 aromatic heterocycles. The SMILES string of the molecule is COc1ccc(CN)cc1OCc1nc(C)no1. The molecular formula is C12H15N3O3. The Balaban J connectivity index is 2.11. The molecule has 6 heteroatoms. The van der Waals surface area contributed by atoms with Crippen LogP contribution in [0.5, 0.6) is 11.5 Å². The minimum atomic E-state index is 0.200. The van der Waals surface area contributed by atoms with E-state index < -0.39 is 0 Å². The average Bonchev–Trinajstić information content (AvgIpc) is 2.81. The molecule has 96 valence electrons. The molecule has 18 heavy (non-hydrogen) atoms. The lowest BCUT2D eigenvalue weighted by molar-refractivity contribution is 0.233. The molecular weight excluding hydrogens is 234 g/mol. The number of nitrogens with two attached hydrogens (primary N) is 1. The highest BCUT2D eigenvalue weighted by atomic mass is 16.5. The molecule has 0 aliphatic heterocycles. The van der Waals surface area contributed by atoms with Crippen LogP contribution in [0.2, 0.25) is 0 Å². The molecule has 0 amide bonds. The van der Waals surface area contributed by atoms with Gasteiger partial charge in [-0.25, -0.2) is 0 Å². The number of ether oxygens (including phenoxy) is 2. The smallest absolute Gasteiger partial charge is 0.264 e. The van der Waals surface area contributed by atoms with Crippen LogP contribution in [0.25, 0.3) is 0 Å². The van der Waals surface area contributed by atoms with Crippen molar-refractivity contribution in [2.75, 3.05) is 7.11 Å². The molecule has 0 aliphatic carbocycles. The highest BCUT2D eigenvalue weighted by Crippen LogP contribution is 2.28. The van der Waals surface area contributed by atoms with E-state index >= 15 is 0 Å². The number of aryl methyl sites for hydroxylation is 1. The summed E-state index contributed by atoms with van der Waals surface area (Å²) in [6.45, 7) is 2.40. The number of rotatable bonds is 5. The van der Waals surface area contributed by atoms with Crippen molar-refractivity contribution in [3.8, 4) is 11.5 Å². The third-order valence-corrected chi connectivity index (χ3v) is 2.38. The first-order chi connectivity index (χ1) is 8.72. The number of benzene rings is 1. The first kappa shape index (κ1) is 12.4. The van der Waals surface area contributed by atoms with Gasteiger partial charge in [-0.2, -0.15) is 4.98 Å². The van der Waals surface area contributed by atoms with Gasteiger partial charge in [-0.3, -0.25) is 0 Å². The van der Waals surface area contributed by atoms with E-state index in [1.165, 1.54) is 0 Å². The third-order valence-electron chi connectivity index (χ3n) is 2.38. The molecule has 0 radical (unpaired) electrons. The van der Waals surface area contributed by atoms with Gasteiger partial charge < -0.3 is 19.7 Å². The summed E-state index contributed by atoms with van der Waals surface area (Å²) >= 11 is 0. The van der Waals surface area contributed by atoms with Gasteiger partial charge >= 0.3 is 0 Å². The lowest BCUT2D eigenvalue weighted by Gasteiger charge is -2.10. The van der Waals surface area contributed by atoms with Gasteiger partial charge in [-0.05, 0) is 24.6 Å². The van der Waals surface area contributed by atoms with E-state index in [4.69, 9.17) is 19.7 Å². The Morgan fingerprint density at radius 1 is 1.33 bits per heavy atom. The fourth-order valence-electron chi connectivity index (χ4n) is 1.50. The molecule has 6 nitrogen and oxygen atoms in total. The fourth-order valence-corrected chi connectivity index (χ4v) is 1.50. The molecule has 0 saturated carbocycles. The van der Waals surface area contributed by atoms with Crippen LogP contribution in [0.1, 0.15) is 17.3 Å². The molecule has 2 rings (SSSR count). The number of methoxy groups -OCH3 is 1. The summed E-state index contributed by atoms with van der Waals surface area (Å²) in [5.74, 6) is 2.25. The summed E-state index contributed by atoms with van der Waals surface area (Å²) in [5, 5.41) is 3.69. The van der Waals surface area contributed by atoms with E-state index in [9.17, 15) is 0 Å². The van der Waals surface area contributed by atoms with Crippen LogP contribution in [-0.4, -0.2) is 17.3 Å². The summed E-state index contributed by atoms with van der Waals surface area (Å²) < 4.78 is 15.8. The van der Waals surface area contributed by atoms with E-state index in [0.717, 1.165) is 5.56 Å². The van der Waals surface area contributed by atoms with Gasteiger partial charge in [0.2, 0.25) is 0 Å². The largest absolute Gasteiger partial charge is 0.493 e. The van der Waals surface area contributed by atoms with Gasteiger partial charge in [0.1, 0.15) is 0 Å². The van der Waals surface area contributed by atoms with E-state index in [1.807, 2.05) is 18.2 Å². The monoisotopic (exact) mass is 249 g/mol. The second-order valence-corrected chi connectivity index (χ2v) is 3.71. The van der Waals surface area contributed by atoms with Crippen molar-refractivity contribution >= 4 is 0 Å². The molecule has 2 N–H and O–H groups in total. The Kier molecular flexibility index (Phi) is 3.78. The highest BCUT2D eigenvalue weighted by molar-refractivity contribution is 5.42. The molecule has 0 unspecified atom stereocenters. The molecule has 0 saturated heterocycles. The maximum absolute atomic E-state index is 5.59. The quantitative estimate of drug-likeness (QED) is 0.862. The summed E-state index contributed by atoms with van der Waals surface area (Å²) in [6, 6.07) is 5.54. The Labute approximate surface area is 105 Å². The van der Waals surface area contributed by atoms with Crippen molar-refractivity contribution in [1.82, 2.24) is 10.1 Å². The average molecular weight is 249 g/mol. The molecule has 0 aliphatic rings. The lowest BCUT2D eigenvalue weighted by atomic mass is 10.2. The van der Waals surface area contributed by atoms with Crippen LogP contribution < -0.4 is 15.2 Å². The lowest BCUT2D eigenvalue weighted by Crippen LogP contribution is -2.01. The van der Waals surface area contributed by atoms with Crippen molar-refractivity contribution in [1.29, 1.82) is 0 Å². The minimum Gasteiger partial charge on any atom is -0.493 e. The maximum atomic E-state index is 5.59. The summed E-state index contributed by atoms with van der Waals surface area (Å²) in [6.07, 6.45) is 0. The Bertz CT molecular complexity index is 525. The van der Waals surface area contributed by atoms with Crippen LogP contribution in [0.3, 0.4) is 0 Å². The van der Waals surface area contributed by atoms with Crippen LogP contribution in [0.4, 0.5) is 0 Å². The summed E-state index contributed by atoms with van der Waals surface area (Å²) in [4.78, 5) is 4.06. The van der Waals surface area contributed by atoms with Crippen LogP contribution >= 0.6 is 0 Å². The van der Waals surface area contributed by atoms with Gasteiger partial charge in [-0.15, -0.1) is 0 Å². The van der Waals surface area contributed by atoms with Crippen molar-refractivity contribution in [2.45, 2.75) is 20.1 Å². The second kappa shape index (κ2) is 5.50. The van der Waals surface area contributed by atoms with E-state index in [-0.39, 0.29) is 6.61 Å². The highest BCUT2D eigenvalue weighted by Gasteiger charge is 2.08. The Morgan fingerprint density at radius 2 is 2.17 bits per heavy atom. The first-order valence-electron chi connectivity index (χ1n) is 5.52. The van der Waals surface area contributed by atoms with Gasteiger partial charge in [-0.1, -0.05) is 11.2 Å². The molecule has 1 heterocycles. The zero-order chi connectivity index (χ0) is 13.0. The van der Waals surface area contributed by atoms with Gasteiger partial charge in [0.25, 0.3) is 5.89 Å². The minimum absolute atomic E-state index is 0.200. The molecule has 2 aromatic rings. The van der Waals surface area contributed by atoms with Crippen molar-refractivity contribution in [2.24, 2.45) is 5.73 Å². The van der Waals surface area contributed by atoms with Crippen molar-refractivity contribution < 1.29 is 14.0 Å². The number of hydrogen-bond acceptors (Lipinski definition) is 6. The van der Waals surface area contributed by atoms with Gasteiger partial charge in [0, 0.05) is 6.54 Å². The Hall–Kier alpha value is -2.08. The van der Waals surface area contributed by atoms with Crippen LogP contribution in [0, 0.1) is 6.92 Å². The molecule has 0 atom stereocenters. The van der Waals surface area contributed by atoms with Crippen LogP contribution in [-0.2, 0) is 13.2 Å². The third kappa shape index (κ3) is 2.78. The maximum Gasteiger partial charge on any atom is 0.264 e. The molecule has 0 bridgehead atoms. The zero-order valence-electron chi connectivity index (χ0n) is 10.3. The van der Waals surface area contributed by atoms with Crippen LogP contribution in [0.15, 0.2) is 22.7 Å². The second-order valence-electron chi connectivity index (χ2n) is 3.71. The number of hydrogen-bond donors (Lipinski definition) is 1. The predicted octanol–water partition coefficient (Wildman–Crippen LogP) is 1.42. The summed E-state index contributed by atoms with van der Waals surface area (Å²) in [7, 11) is 1.58. The summed E-state index contributed by atoms with van der Waals surface area (Å²) in [5.41, 5.74) is 6.55. The Morgan fingerprint density at radius 3 is 2.78 bits per heavy atom. The standard InChI is InChI=1S/C12H15N3O3/c1-8-14-12(18-15-8)7-17-11-5-9(6-13)3-4-10(11)16-2/h3-5H,6-7,13H2,1-2H3. The van der Waals surface area contributed by atoms with Crippen molar-refractivity contribution in [3.63, 3.8) is 0 Å². The van der Waals surface area contributed by atoms with E-state index in [2.05, 4.69) is 10.1 Å². The zero-order valence-corrected chi connectivity index (χ0v) is 10.3. The normalized spacial score (nSPS) is 10.4. The van der Waals surface area contributed by atoms with E-state index in [1.54, 1.807) is 14.0 Å². The fraction of sp³-hybridized carbons (Fsp3) is 0.333. The van der Waals surface area contributed by atoms with E-state index in [0.29, 0.717) is 29.8 Å². The van der Waals surface area contributed by atoms with Crippen molar-refractivity contribution in [3.05, 3.63) is 35.5 Å². The molecule has 1 aromatic carbocycles. The van der Waals surface area contributed by atoms with Gasteiger partial charge in [0.15, 0.2) is 23.9 Å². The number of aromatic nitrogens is 2. The topological polar surface area (TPSA) is 83.4 Å². The number of nitrogens with zero attached hydrogens (tertiary/aromatic N) is 2. The predicted molar refractivity (Wildman–Crippen MR) is 64.3 cm³/mol.